The fourth-order valence-electron chi connectivity index (χ4n) is 2.56. The highest BCUT2D eigenvalue weighted by Gasteiger charge is 2.45. The molecule has 0 bridgehead atoms. The molecule has 1 saturated carbocycles. The van der Waals surface area contributed by atoms with Gasteiger partial charge in [0.1, 0.15) is 0 Å². The van der Waals surface area contributed by atoms with Gasteiger partial charge in [-0.05, 0) is 25.8 Å². The smallest absolute Gasteiger partial charge is 0.256 e. The van der Waals surface area contributed by atoms with Crippen LogP contribution in [-0.2, 0) is 0 Å². The standard InChI is InChI=1S/C10H19F2N/c1-3-8-6-4-5-7-10(8,13-2)9(11)12/h8-9,13H,3-7H2,1-2H3. The van der Waals surface area contributed by atoms with Crippen molar-refractivity contribution < 1.29 is 8.78 Å². The fraction of sp³-hybridized carbons (Fsp3) is 1.00. The molecule has 13 heavy (non-hydrogen) atoms. The van der Waals surface area contributed by atoms with Gasteiger partial charge in [0.2, 0.25) is 0 Å². The molecular weight excluding hydrogens is 172 g/mol. The average molecular weight is 191 g/mol. The Kier molecular flexibility index (Phi) is 3.65. The number of hydrogen-bond donors (Lipinski definition) is 1. The van der Waals surface area contributed by atoms with Crippen LogP contribution in [0, 0.1) is 5.92 Å². The molecule has 1 fully saturated rings. The fourth-order valence-corrected chi connectivity index (χ4v) is 2.56. The Balaban J connectivity index is 2.78. The van der Waals surface area contributed by atoms with Crippen molar-refractivity contribution in [1.29, 1.82) is 0 Å². The molecule has 0 aromatic carbocycles. The topological polar surface area (TPSA) is 12.0 Å². The van der Waals surface area contributed by atoms with E-state index in [0.717, 1.165) is 25.7 Å². The predicted molar refractivity (Wildman–Crippen MR) is 50.0 cm³/mol. The molecule has 3 heteroatoms. The van der Waals surface area contributed by atoms with Crippen LogP contribution in [0.4, 0.5) is 8.78 Å². The maximum Gasteiger partial charge on any atom is 0.256 e. The van der Waals surface area contributed by atoms with Crippen LogP contribution in [0.5, 0.6) is 0 Å². The second-order valence-corrected chi connectivity index (χ2v) is 3.94. The molecule has 78 valence electrons. The van der Waals surface area contributed by atoms with Gasteiger partial charge in [0.15, 0.2) is 0 Å². The Bertz CT molecular complexity index is 161. The van der Waals surface area contributed by atoms with E-state index in [4.69, 9.17) is 0 Å². The Morgan fingerprint density at radius 1 is 1.46 bits per heavy atom. The molecule has 2 atom stereocenters. The molecule has 1 nitrogen and oxygen atoms in total. The summed E-state index contributed by atoms with van der Waals surface area (Å²) in [5.74, 6) is 0.145. The predicted octanol–water partition coefficient (Wildman–Crippen LogP) is 2.81. The van der Waals surface area contributed by atoms with Crippen LogP contribution in [0.15, 0.2) is 0 Å². The van der Waals surface area contributed by atoms with Crippen LogP contribution in [0.2, 0.25) is 0 Å². The van der Waals surface area contributed by atoms with E-state index in [1.54, 1.807) is 7.05 Å². The van der Waals surface area contributed by atoms with Crippen molar-refractivity contribution in [3.8, 4) is 0 Å². The normalized spacial score (nSPS) is 35.3. The number of alkyl halides is 2. The summed E-state index contributed by atoms with van der Waals surface area (Å²) in [5, 5.41) is 2.87. The Morgan fingerprint density at radius 2 is 2.15 bits per heavy atom. The van der Waals surface area contributed by atoms with Crippen LogP contribution in [0.3, 0.4) is 0 Å². The van der Waals surface area contributed by atoms with Crippen LogP contribution < -0.4 is 5.32 Å². The summed E-state index contributed by atoms with van der Waals surface area (Å²) in [4.78, 5) is 0. The lowest BCUT2D eigenvalue weighted by Gasteiger charge is -2.43. The zero-order valence-electron chi connectivity index (χ0n) is 8.45. The lowest BCUT2D eigenvalue weighted by Crippen LogP contribution is -2.56. The highest BCUT2D eigenvalue weighted by atomic mass is 19.3. The highest BCUT2D eigenvalue weighted by molar-refractivity contribution is 4.97. The first kappa shape index (κ1) is 10.9. The largest absolute Gasteiger partial charge is 0.309 e. The van der Waals surface area contributed by atoms with Gasteiger partial charge in [-0.2, -0.15) is 0 Å². The molecule has 1 rings (SSSR count). The third-order valence-corrected chi connectivity index (χ3v) is 3.47. The van der Waals surface area contributed by atoms with Gasteiger partial charge in [-0.1, -0.05) is 26.2 Å². The van der Waals surface area contributed by atoms with Gasteiger partial charge in [0.05, 0.1) is 5.54 Å². The summed E-state index contributed by atoms with van der Waals surface area (Å²) >= 11 is 0. The monoisotopic (exact) mass is 191 g/mol. The lowest BCUT2D eigenvalue weighted by molar-refractivity contribution is -0.0264. The molecule has 1 aliphatic rings. The molecule has 0 heterocycles. The van der Waals surface area contributed by atoms with E-state index in [9.17, 15) is 8.78 Å². The molecule has 1 aliphatic carbocycles. The summed E-state index contributed by atoms with van der Waals surface area (Å²) in [6.45, 7) is 2.00. The van der Waals surface area contributed by atoms with E-state index >= 15 is 0 Å². The van der Waals surface area contributed by atoms with E-state index in [0.29, 0.717) is 6.42 Å². The van der Waals surface area contributed by atoms with Gasteiger partial charge in [0, 0.05) is 0 Å². The molecule has 0 aromatic heterocycles. The molecule has 0 amide bonds. The first-order valence-corrected chi connectivity index (χ1v) is 5.14. The van der Waals surface area contributed by atoms with Crippen LogP contribution in [0.1, 0.15) is 39.0 Å². The number of hydrogen-bond acceptors (Lipinski definition) is 1. The summed E-state index contributed by atoms with van der Waals surface area (Å²) < 4.78 is 25.9. The van der Waals surface area contributed by atoms with E-state index in [1.807, 2.05) is 6.92 Å². The van der Waals surface area contributed by atoms with Crippen molar-refractivity contribution in [3.63, 3.8) is 0 Å². The van der Waals surface area contributed by atoms with Crippen molar-refractivity contribution in [3.05, 3.63) is 0 Å². The second-order valence-electron chi connectivity index (χ2n) is 3.94. The molecule has 0 aromatic rings. The molecule has 1 N–H and O–H groups in total. The first-order valence-electron chi connectivity index (χ1n) is 5.14. The maximum absolute atomic E-state index is 13.0. The first-order chi connectivity index (χ1) is 6.17. The zero-order valence-corrected chi connectivity index (χ0v) is 8.45. The van der Waals surface area contributed by atoms with Crippen LogP contribution >= 0.6 is 0 Å². The van der Waals surface area contributed by atoms with Crippen molar-refractivity contribution >= 4 is 0 Å². The quantitative estimate of drug-likeness (QED) is 0.723. The van der Waals surface area contributed by atoms with Gasteiger partial charge in [-0.15, -0.1) is 0 Å². The summed E-state index contributed by atoms with van der Waals surface area (Å²) in [5.41, 5.74) is -0.896. The van der Waals surface area contributed by atoms with Gasteiger partial charge < -0.3 is 5.32 Å². The van der Waals surface area contributed by atoms with Gasteiger partial charge >= 0.3 is 0 Å². The maximum atomic E-state index is 13.0. The molecule has 0 aliphatic heterocycles. The lowest BCUT2D eigenvalue weighted by atomic mass is 9.71. The highest BCUT2D eigenvalue weighted by Crippen LogP contribution is 2.39. The number of rotatable bonds is 3. The van der Waals surface area contributed by atoms with Crippen molar-refractivity contribution in [2.24, 2.45) is 5.92 Å². The Labute approximate surface area is 78.9 Å². The van der Waals surface area contributed by atoms with Crippen molar-refractivity contribution in [2.75, 3.05) is 7.05 Å². The molecule has 0 saturated heterocycles. The second kappa shape index (κ2) is 4.36. The molecular formula is C10H19F2N. The molecule has 0 spiro atoms. The zero-order chi connectivity index (χ0) is 9.90. The minimum absolute atomic E-state index is 0.145. The SMILES string of the molecule is CCC1CCCCC1(NC)C(F)F. The van der Waals surface area contributed by atoms with E-state index in [2.05, 4.69) is 5.32 Å². The van der Waals surface area contributed by atoms with Gasteiger partial charge in [-0.3, -0.25) is 0 Å². The Hall–Kier alpha value is -0.180. The summed E-state index contributed by atoms with van der Waals surface area (Å²) in [6.07, 6.45) is 2.23. The van der Waals surface area contributed by atoms with Gasteiger partial charge in [-0.25, -0.2) is 8.78 Å². The summed E-state index contributed by atoms with van der Waals surface area (Å²) in [6, 6.07) is 0. The van der Waals surface area contributed by atoms with E-state index in [1.165, 1.54) is 0 Å². The number of nitrogens with one attached hydrogen (secondary N) is 1. The third kappa shape index (κ3) is 1.85. The molecule has 0 radical (unpaired) electrons. The van der Waals surface area contributed by atoms with Crippen LogP contribution in [-0.4, -0.2) is 19.0 Å². The van der Waals surface area contributed by atoms with Crippen LogP contribution in [0.25, 0.3) is 0 Å². The van der Waals surface area contributed by atoms with Crippen molar-refractivity contribution in [1.82, 2.24) is 5.32 Å². The average Bonchev–Trinajstić information content (AvgIpc) is 2.17. The number of halogens is 2. The third-order valence-electron chi connectivity index (χ3n) is 3.47. The minimum Gasteiger partial charge on any atom is -0.309 e. The summed E-state index contributed by atoms with van der Waals surface area (Å²) in [7, 11) is 1.67. The van der Waals surface area contributed by atoms with E-state index in [-0.39, 0.29) is 5.92 Å². The van der Waals surface area contributed by atoms with E-state index < -0.39 is 12.0 Å². The minimum atomic E-state index is -2.23. The van der Waals surface area contributed by atoms with Gasteiger partial charge in [0.25, 0.3) is 6.43 Å². The van der Waals surface area contributed by atoms with Crippen molar-refractivity contribution in [2.45, 2.75) is 51.0 Å². The Morgan fingerprint density at radius 3 is 2.54 bits per heavy atom. The molecule has 2 unspecified atom stereocenters.